The number of nitrogens with one attached hydrogen (secondary N) is 1. The molecule has 0 radical (unpaired) electrons. The van der Waals surface area contributed by atoms with Crippen LogP contribution in [-0.4, -0.2) is 33.9 Å². The van der Waals surface area contributed by atoms with E-state index in [0.29, 0.717) is 24.5 Å². The zero-order valence-electron chi connectivity index (χ0n) is 14.3. The number of benzene rings is 2. The minimum Gasteiger partial charge on any atom is -0.326 e. The summed E-state index contributed by atoms with van der Waals surface area (Å²) in [4.78, 5) is 27.8. The van der Waals surface area contributed by atoms with Crippen molar-refractivity contribution < 1.29 is 9.59 Å². The van der Waals surface area contributed by atoms with Crippen LogP contribution in [0.25, 0.3) is 10.9 Å². The van der Waals surface area contributed by atoms with Crippen LogP contribution >= 0.6 is 0 Å². The molecule has 1 atom stereocenters. The van der Waals surface area contributed by atoms with E-state index in [9.17, 15) is 9.59 Å². The molecule has 2 aromatic carbocycles. The molecule has 5 heteroatoms. The molecule has 1 fully saturated rings. The van der Waals surface area contributed by atoms with Gasteiger partial charge >= 0.3 is 0 Å². The highest BCUT2D eigenvalue weighted by molar-refractivity contribution is 6.17. The zero-order chi connectivity index (χ0) is 17.7. The van der Waals surface area contributed by atoms with E-state index in [4.69, 9.17) is 0 Å². The summed E-state index contributed by atoms with van der Waals surface area (Å²) in [6.45, 7) is 1.25. The third-order valence-electron chi connectivity index (χ3n) is 5.43. The van der Waals surface area contributed by atoms with Crippen LogP contribution in [0.1, 0.15) is 28.8 Å². The predicted octanol–water partition coefficient (Wildman–Crippen LogP) is 3.25. The summed E-state index contributed by atoms with van der Waals surface area (Å²) in [7, 11) is 0. The maximum atomic E-state index is 13.3. The molecule has 2 aliphatic rings. The third-order valence-corrected chi connectivity index (χ3v) is 5.43. The molecule has 0 bridgehead atoms. The number of carbonyl (C=O) groups excluding carboxylic acids is 2. The lowest BCUT2D eigenvalue weighted by molar-refractivity contribution is -0.119. The van der Waals surface area contributed by atoms with Gasteiger partial charge in [-0.15, -0.1) is 0 Å². The Hall–Kier alpha value is -3.08. The fourth-order valence-corrected chi connectivity index (χ4v) is 4.21. The lowest BCUT2D eigenvalue weighted by atomic mass is 10.1. The van der Waals surface area contributed by atoms with Gasteiger partial charge in [-0.05, 0) is 24.5 Å². The molecule has 1 N–H and O–H groups in total. The van der Waals surface area contributed by atoms with Gasteiger partial charge in [0.1, 0.15) is 11.9 Å². The monoisotopic (exact) mass is 345 g/mol. The van der Waals surface area contributed by atoms with Crippen molar-refractivity contribution >= 4 is 28.5 Å². The van der Waals surface area contributed by atoms with Crippen molar-refractivity contribution in [2.75, 3.05) is 11.9 Å². The molecule has 5 nitrogen and oxygen atoms in total. The fraction of sp³-hybridized carbons (Fsp3) is 0.238. The number of fused-ring (bicyclic) bond motifs is 4. The maximum Gasteiger partial charge on any atom is 0.258 e. The van der Waals surface area contributed by atoms with Crippen molar-refractivity contribution in [2.24, 2.45) is 0 Å². The Morgan fingerprint density at radius 2 is 1.77 bits per heavy atom. The Balaban J connectivity index is 1.73. The van der Waals surface area contributed by atoms with E-state index in [0.717, 1.165) is 29.3 Å². The quantitative estimate of drug-likeness (QED) is 0.775. The minimum atomic E-state index is -0.348. The second-order valence-corrected chi connectivity index (χ2v) is 6.96. The number of para-hydroxylation sites is 1. The van der Waals surface area contributed by atoms with E-state index in [2.05, 4.69) is 22.0 Å². The summed E-state index contributed by atoms with van der Waals surface area (Å²) < 4.78 is 2.05. The van der Waals surface area contributed by atoms with Gasteiger partial charge in [0.25, 0.3) is 5.91 Å². The van der Waals surface area contributed by atoms with Crippen molar-refractivity contribution in [3.8, 4) is 0 Å². The number of rotatable bonds is 2. The van der Waals surface area contributed by atoms with E-state index >= 15 is 0 Å². The molecule has 3 aromatic rings. The SMILES string of the molecule is O=C1Nc2c(c3ccccc3n2Cc2ccccc2)C(=O)N2CCCC12. The summed E-state index contributed by atoms with van der Waals surface area (Å²) in [5.74, 6) is 0.509. The van der Waals surface area contributed by atoms with Crippen molar-refractivity contribution in [3.63, 3.8) is 0 Å². The summed E-state index contributed by atoms with van der Waals surface area (Å²) >= 11 is 0. The highest BCUT2D eigenvalue weighted by Gasteiger charge is 2.40. The fourth-order valence-electron chi connectivity index (χ4n) is 4.21. The Bertz CT molecular complexity index is 1020. The Morgan fingerprint density at radius 3 is 2.62 bits per heavy atom. The first-order valence-corrected chi connectivity index (χ1v) is 9.01. The smallest absolute Gasteiger partial charge is 0.258 e. The van der Waals surface area contributed by atoms with Gasteiger partial charge in [-0.2, -0.15) is 0 Å². The van der Waals surface area contributed by atoms with Gasteiger partial charge in [-0.1, -0.05) is 48.5 Å². The molecule has 2 aliphatic heterocycles. The van der Waals surface area contributed by atoms with E-state index in [1.807, 2.05) is 42.5 Å². The summed E-state index contributed by atoms with van der Waals surface area (Å²) in [6, 6.07) is 17.6. The van der Waals surface area contributed by atoms with Crippen molar-refractivity contribution in [3.05, 3.63) is 65.7 Å². The van der Waals surface area contributed by atoms with Gasteiger partial charge in [0, 0.05) is 18.5 Å². The normalized spacial score (nSPS) is 19.2. The van der Waals surface area contributed by atoms with Gasteiger partial charge in [0.05, 0.1) is 11.1 Å². The van der Waals surface area contributed by atoms with Gasteiger partial charge < -0.3 is 14.8 Å². The van der Waals surface area contributed by atoms with Gasteiger partial charge in [-0.3, -0.25) is 9.59 Å². The molecular weight excluding hydrogens is 326 g/mol. The van der Waals surface area contributed by atoms with Gasteiger partial charge in [0.2, 0.25) is 5.91 Å². The molecular formula is C21H19N3O2. The molecule has 3 heterocycles. The average Bonchev–Trinajstić information content (AvgIpc) is 3.24. The molecule has 130 valence electrons. The first kappa shape index (κ1) is 15.2. The van der Waals surface area contributed by atoms with Crippen molar-refractivity contribution in [1.29, 1.82) is 0 Å². The third kappa shape index (κ3) is 2.17. The largest absolute Gasteiger partial charge is 0.326 e. The molecule has 0 saturated carbocycles. The van der Waals surface area contributed by atoms with Crippen LogP contribution in [0.15, 0.2) is 54.6 Å². The topological polar surface area (TPSA) is 54.3 Å². The molecule has 2 amide bonds. The number of hydrogen-bond donors (Lipinski definition) is 1. The van der Waals surface area contributed by atoms with E-state index < -0.39 is 0 Å². The summed E-state index contributed by atoms with van der Waals surface area (Å²) in [5, 5.41) is 3.96. The molecule has 0 spiro atoms. The van der Waals surface area contributed by atoms with Crippen LogP contribution in [0.2, 0.25) is 0 Å². The number of nitrogens with zero attached hydrogens (tertiary/aromatic N) is 2. The van der Waals surface area contributed by atoms with Crippen LogP contribution in [0.4, 0.5) is 5.82 Å². The molecule has 5 rings (SSSR count). The van der Waals surface area contributed by atoms with E-state index in [-0.39, 0.29) is 17.9 Å². The summed E-state index contributed by atoms with van der Waals surface area (Å²) in [6.07, 6.45) is 1.61. The zero-order valence-corrected chi connectivity index (χ0v) is 14.3. The van der Waals surface area contributed by atoms with Crippen LogP contribution in [0, 0.1) is 0 Å². The van der Waals surface area contributed by atoms with Crippen LogP contribution in [-0.2, 0) is 11.3 Å². The van der Waals surface area contributed by atoms with Gasteiger partial charge in [0.15, 0.2) is 0 Å². The van der Waals surface area contributed by atoms with Crippen molar-refractivity contribution in [1.82, 2.24) is 9.47 Å². The van der Waals surface area contributed by atoms with Crippen LogP contribution in [0.5, 0.6) is 0 Å². The number of amides is 2. The van der Waals surface area contributed by atoms with Crippen molar-refractivity contribution in [2.45, 2.75) is 25.4 Å². The van der Waals surface area contributed by atoms with Gasteiger partial charge in [-0.25, -0.2) is 0 Å². The van der Waals surface area contributed by atoms with Crippen LogP contribution in [0.3, 0.4) is 0 Å². The molecule has 0 aliphatic carbocycles. The lowest BCUT2D eigenvalue weighted by Crippen LogP contribution is -2.40. The standard InChI is InChI=1S/C21H19N3O2/c25-20-17-11-6-12-23(17)21(26)18-15-9-4-5-10-16(15)24(19(18)22-20)13-14-7-2-1-3-8-14/h1-5,7-10,17H,6,11-13H2,(H,22,25). The molecule has 26 heavy (non-hydrogen) atoms. The second-order valence-electron chi connectivity index (χ2n) is 6.96. The first-order chi connectivity index (χ1) is 12.7. The number of anilines is 1. The lowest BCUT2D eigenvalue weighted by Gasteiger charge is -2.20. The maximum absolute atomic E-state index is 13.3. The Kier molecular flexibility index (Phi) is 3.35. The molecule has 1 aromatic heterocycles. The number of hydrogen-bond acceptors (Lipinski definition) is 2. The Morgan fingerprint density at radius 1 is 1.00 bits per heavy atom. The first-order valence-electron chi connectivity index (χ1n) is 9.01. The molecule has 1 saturated heterocycles. The second kappa shape index (κ2) is 5.73. The van der Waals surface area contributed by atoms with E-state index in [1.54, 1.807) is 4.90 Å². The Labute approximate surface area is 151 Å². The summed E-state index contributed by atoms with van der Waals surface area (Å²) in [5.41, 5.74) is 2.71. The van der Waals surface area contributed by atoms with E-state index in [1.165, 1.54) is 0 Å². The average molecular weight is 345 g/mol. The highest BCUT2D eigenvalue weighted by atomic mass is 16.2. The number of carbonyl (C=O) groups is 2. The predicted molar refractivity (Wildman–Crippen MR) is 100 cm³/mol. The van der Waals surface area contributed by atoms with Crippen LogP contribution < -0.4 is 5.32 Å². The highest BCUT2D eigenvalue weighted by Crippen LogP contribution is 2.36. The minimum absolute atomic E-state index is 0.0381. The molecule has 1 unspecified atom stereocenters. The number of aromatic nitrogens is 1.